The highest BCUT2D eigenvalue weighted by Crippen LogP contribution is 2.36. The number of phenols is 1. The maximum absolute atomic E-state index is 11.7. The molecule has 2 N–H and O–H groups in total. The SMILES string of the molecule is CC(O)c1cc(C(C)(C)C)cc(S(C)(=O)=O)c1O. The minimum Gasteiger partial charge on any atom is -0.506 e. The second-order valence-electron chi connectivity index (χ2n) is 5.61. The third-order valence-corrected chi connectivity index (χ3v) is 3.93. The summed E-state index contributed by atoms with van der Waals surface area (Å²) in [6.45, 7) is 7.32. The molecule has 0 saturated carbocycles. The minimum absolute atomic E-state index is 0.133. The number of hydrogen-bond acceptors (Lipinski definition) is 4. The van der Waals surface area contributed by atoms with E-state index in [1.165, 1.54) is 13.0 Å². The van der Waals surface area contributed by atoms with Crippen molar-refractivity contribution < 1.29 is 18.6 Å². The smallest absolute Gasteiger partial charge is 0.179 e. The predicted octanol–water partition coefficient (Wildman–Crippen LogP) is 2.15. The average Bonchev–Trinajstić information content (AvgIpc) is 2.13. The van der Waals surface area contributed by atoms with Crippen LogP contribution in [0.2, 0.25) is 0 Å². The first kappa shape index (κ1) is 15.0. The van der Waals surface area contributed by atoms with Crippen molar-refractivity contribution in [2.45, 2.75) is 44.1 Å². The van der Waals surface area contributed by atoms with Crippen molar-refractivity contribution in [3.63, 3.8) is 0 Å². The summed E-state index contributed by atoms with van der Waals surface area (Å²) < 4.78 is 23.3. The summed E-state index contributed by atoms with van der Waals surface area (Å²) in [6.07, 6.45) is 0.119. The molecule has 0 aromatic heterocycles. The third-order valence-electron chi connectivity index (χ3n) is 2.82. The van der Waals surface area contributed by atoms with E-state index in [1.54, 1.807) is 6.07 Å². The molecule has 102 valence electrons. The summed E-state index contributed by atoms with van der Waals surface area (Å²) in [5, 5.41) is 19.6. The van der Waals surface area contributed by atoms with Gasteiger partial charge >= 0.3 is 0 Å². The van der Waals surface area contributed by atoms with Crippen molar-refractivity contribution in [1.29, 1.82) is 0 Å². The normalized spacial score (nSPS) is 14.6. The minimum atomic E-state index is -3.53. The molecule has 4 nitrogen and oxygen atoms in total. The monoisotopic (exact) mass is 272 g/mol. The molecule has 0 amide bonds. The molecule has 1 rings (SSSR count). The van der Waals surface area contributed by atoms with E-state index in [0.717, 1.165) is 11.8 Å². The van der Waals surface area contributed by atoms with Crippen molar-refractivity contribution in [1.82, 2.24) is 0 Å². The molecule has 0 radical (unpaired) electrons. The van der Waals surface area contributed by atoms with Gasteiger partial charge in [0.05, 0.1) is 6.10 Å². The summed E-state index contributed by atoms with van der Waals surface area (Å²) in [4.78, 5) is -0.133. The fourth-order valence-corrected chi connectivity index (χ4v) is 2.47. The fraction of sp³-hybridized carbons (Fsp3) is 0.538. The Kier molecular flexibility index (Phi) is 3.79. The summed E-state index contributed by atoms with van der Waals surface area (Å²) in [5.74, 6) is -0.361. The summed E-state index contributed by atoms with van der Waals surface area (Å²) in [6, 6.07) is 3.12. The van der Waals surface area contributed by atoms with Gasteiger partial charge in [-0.05, 0) is 30.0 Å². The molecule has 0 heterocycles. The van der Waals surface area contributed by atoms with Gasteiger partial charge in [-0.15, -0.1) is 0 Å². The van der Waals surface area contributed by atoms with Gasteiger partial charge in [-0.2, -0.15) is 0 Å². The lowest BCUT2D eigenvalue weighted by molar-refractivity contribution is 0.194. The first-order valence-electron chi connectivity index (χ1n) is 5.70. The number of sulfone groups is 1. The molecular weight excluding hydrogens is 252 g/mol. The highest BCUT2D eigenvalue weighted by Gasteiger charge is 2.24. The number of benzene rings is 1. The molecule has 0 fully saturated rings. The van der Waals surface area contributed by atoms with Crippen molar-refractivity contribution >= 4 is 9.84 Å². The van der Waals surface area contributed by atoms with Gasteiger partial charge in [-0.1, -0.05) is 20.8 Å². The highest BCUT2D eigenvalue weighted by atomic mass is 32.2. The Morgan fingerprint density at radius 1 is 1.22 bits per heavy atom. The maximum atomic E-state index is 11.7. The van der Waals surface area contributed by atoms with E-state index in [2.05, 4.69) is 0 Å². The van der Waals surface area contributed by atoms with E-state index in [9.17, 15) is 18.6 Å². The van der Waals surface area contributed by atoms with Crippen LogP contribution in [0.4, 0.5) is 0 Å². The second-order valence-corrected chi connectivity index (χ2v) is 7.59. The third kappa shape index (κ3) is 3.03. The van der Waals surface area contributed by atoms with Crippen LogP contribution in [-0.4, -0.2) is 24.9 Å². The summed E-state index contributed by atoms with van der Waals surface area (Å²) in [5.41, 5.74) is 0.732. The van der Waals surface area contributed by atoms with E-state index >= 15 is 0 Å². The van der Waals surface area contributed by atoms with E-state index in [0.29, 0.717) is 0 Å². The van der Waals surface area contributed by atoms with Crippen LogP contribution in [0.25, 0.3) is 0 Å². The van der Waals surface area contributed by atoms with Gasteiger partial charge in [0.1, 0.15) is 10.6 Å². The molecule has 0 aliphatic rings. The number of aliphatic hydroxyl groups excluding tert-OH is 1. The molecule has 18 heavy (non-hydrogen) atoms. The van der Waals surface area contributed by atoms with Gasteiger partial charge < -0.3 is 10.2 Å². The summed E-state index contributed by atoms with van der Waals surface area (Å²) in [7, 11) is -3.53. The lowest BCUT2D eigenvalue weighted by Crippen LogP contribution is -2.14. The van der Waals surface area contributed by atoms with E-state index in [1.807, 2.05) is 20.8 Å². The first-order valence-corrected chi connectivity index (χ1v) is 7.59. The molecule has 0 aliphatic heterocycles. The van der Waals surface area contributed by atoms with Gasteiger partial charge in [0.15, 0.2) is 9.84 Å². The Hall–Kier alpha value is -1.07. The zero-order valence-corrected chi connectivity index (χ0v) is 12.2. The molecule has 5 heteroatoms. The topological polar surface area (TPSA) is 74.6 Å². The Morgan fingerprint density at radius 3 is 2.06 bits per heavy atom. The van der Waals surface area contributed by atoms with E-state index < -0.39 is 15.9 Å². The van der Waals surface area contributed by atoms with Crippen molar-refractivity contribution in [3.8, 4) is 5.75 Å². The summed E-state index contributed by atoms with van der Waals surface area (Å²) >= 11 is 0. The molecule has 0 spiro atoms. The number of rotatable bonds is 2. The van der Waals surface area contributed by atoms with Crippen molar-refractivity contribution in [2.24, 2.45) is 0 Å². The van der Waals surface area contributed by atoms with Crippen LogP contribution in [0, 0.1) is 0 Å². The zero-order chi connectivity index (χ0) is 14.3. The Labute approximate surface area is 108 Å². The maximum Gasteiger partial charge on any atom is 0.179 e. The van der Waals surface area contributed by atoms with Gasteiger partial charge in [0, 0.05) is 11.8 Å². The molecule has 0 saturated heterocycles. The van der Waals surface area contributed by atoms with Crippen LogP contribution < -0.4 is 0 Å². The van der Waals surface area contributed by atoms with Crippen LogP contribution in [0.1, 0.15) is 44.9 Å². The molecule has 1 atom stereocenters. The van der Waals surface area contributed by atoms with Crippen LogP contribution in [-0.2, 0) is 15.3 Å². The Morgan fingerprint density at radius 2 is 1.72 bits per heavy atom. The lowest BCUT2D eigenvalue weighted by Gasteiger charge is -2.22. The number of aromatic hydroxyl groups is 1. The Bertz CT molecular complexity index is 551. The lowest BCUT2D eigenvalue weighted by atomic mass is 9.85. The Balaban J connectivity index is 3.69. The highest BCUT2D eigenvalue weighted by molar-refractivity contribution is 7.90. The van der Waals surface area contributed by atoms with Crippen LogP contribution >= 0.6 is 0 Å². The number of phenolic OH excluding ortho intramolecular Hbond substituents is 1. The van der Waals surface area contributed by atoms with Gasteiger partial charge in [0.25, 0.3) is 0 Å². The molecule has 1 aromatic rings. The largest absolute Gasteiger partial charge is 0.506 e. The van der Waals surface area contributed by atoms with Crippen LogP contribution in [0.5, 0.6) is 5.75 Å². The van der Waals surface area contributed by atoms with E-state index in [4.69, 9.17) is 0 Å². The van der Waals surface area contributed by atoms with Gasteiger partial charge in [0.2, 0.25) is 0 Å². The van der Waals surface area contributed by atoms with E-state index in [-0.39, 0.29) is 21.6 Å². The van der Waals surface area contributed by atoms with Gasteiger partial charge in [-0.25, -0.2) is 8.42 Å². The van der Waals surface area contributed by atoms with Gasteiger partial charge in [-0.3, -0.25) is 0 Å². The first-order chi connectivity index (χ1) is 7.94. The van der Waals surface area contributed by atoms with Crippen LogP contribution in [0.3, 0.4) is 0 Å². The molecule has 0 bridgehead atoms. The number of hydrogen-bond donors (Lipinski definition) is 2. The molecular formula is C13H20O4S. The zero-order valence-electron chi connectivity index (χ0n) is 11.4. The van der Waals surface area contributed by atoms with Crippen molar-refractivity contribution in [2.75, 3.05) is 6.26 Å². The second kappa shape index (κ2) is 4.55. The molecule has 0 aliphatic carbocycles. The van der Waals surface area contributed by atoms with Crippen LogP contribution in [0.15, 0.2) is 17.0 Å². The standard InChI is InChI=1S/C13H20O4S/c1-8(14)10-6-9(13(2,3)4)7-11(12(10)15)18(5,16)17/h6-8,14-15H,1-5H3. The molecule has 1 unspecified atom stereocenters. The quantitative estimate of drug-likeness (QED) is 0.865. The van der Waals surface area contributed by atoms with Crippen molar-refractivity contribution in [3.05, 3.63) is 23.3 Å². The fourth-order valence-electron chi connectivity index (χ4n) is 1.66. The average molecular weight is 272 g/mol. The molecule has 1 aromatic carbocycles. The number of aliphatic hydroxyl groups is 1. The predicted molar refractivity (Wildman–Crippen MR) is 70.6 cm³/mol.